The Kier molecular flexibility index (Phi) is 7.10. The summed E-state index contributed by atoms with van der Waals surface area (Å²) in [5.74, 6) is 0.0368. The molecule has 144 valence electrons. The summed E-state index contributed by atoms with van der Waals surface area (Å²) in [7, 11) is 0. The highest BCUT2D eigenvalue weighted by molar-refractivity contribution is 8.00. The van der Waals surface area contributed by atoms with Crippen molar-refractivity contribution in [3.8, 4) is 0 Å². The Morgan fingerprint density at radius 2 is 1.63 bits per heavy atom. The van der Waals surface area contributed by atoms with Crippen molar-refractivity contribution in [2.45, 2.75) is 35.3 Å². The van der Waals surface area contributed by atoms with E-state index in [1.54, 1.807) is 0 Å². The lowest BCUT2D eigenvalue weighted by Gasteiger charge is -2.38. The van der Waals surface area contributed by atoms with Crippen molar-refractivity contribution in [3.63, 3.8) is 0 Å². The fourth-order valence-corrected chi connectivity index (χ4v) is 4.45. The fourth-order valence-electron chi connectivity index (χ4n) is 3.30. The molecule has 2 aromatic carbocycles. The minimum absolute atomic E-state index is 0.0368. The average Bonchev–Trinajstić information content (AvgIpc) is 2.69. The first kappa shape index (κ1) is 20.5. The molecule has 27 heavy (non-hydrogen) atoms. The molecule has 1 aliphatic rings. The summed E-state index contributed by atoms with van der Waals surface area (Å²) >= 11 is 13.5. The zero-order valence-corrected chi connectivity index (χ0v) is 17.5. The van der Waals surface area contributed by atoms with Crippen LogP contribution in [-0.2, 0) is 14.9 Å². The lowest BCUT2D eigenvalue weighted by Crippen LogP contribution is -2.46. The number of thioether (sulfide) groups is 1. The van der Waals surface area contributed by atoms with Crippen molar-refractivity contribution in [2.75, 3.05) is 19.8 Å². The molecule has 1 aliphatic heterocycles. The largest absolute Gasteiger partial charge is 0.381 e. The third kappa shape index (κ3) is 5.41. The smallest absolute Gasteiger partial charge is 0.233 e. The van der Waals surface area contributed by atoms with E-state index in [4.69, 9.17) is 27.9 Å². The number of halogens is 2. The highest BCUT2D eigenvalue weighted by Gasteiger charge is 2.35. The first-order chi connectivity index (χ1) is 13.0. The Labute approximate surface area is 174 Å². The van der Waals surface area contributed by atoms with Gasteiger partial charge in [-0.1, -0.05) is 35.3 Å². The number of hydrogen-bond acceptors (Lipinski definition) is 3. The highest BCUT2D eigenvalue weighted by Crippen LogP contribution is 2.35. The standard InChI is InChI=1S/C21H23Cl2NO2S/c1-15(27-19-8-6-18(23)7-9-19)20(25)24-14-21(10-12-26-13-11-21)16-2-4-17(22)5-3-16/h2-9,15H,10-14H2,1H3,(H,24,25). The fraction of sp³-hybridized carbons (Fsp3) is 0.381. The molecule has 3 nitrogen and oxygen atoms in total. The third-order valence-electron chi connectivity index (χ3n) is 5.00. The zero-order valence-electron chi connectivity index (χ0n) is 15.2. The normalized spacial score (nSPS) is 17.3. The predicted octanol–water partition coefficient (Wildman–Crippen LogP) is 5.34. The lowest BCUT2D eigenvalue weighted by atomic mass is 9.74. The number of rotatable bonds is 6. The van der Waals surface area contributed by atoms with Gasteiger partial charge in [-0.15, -0.1) is 11.8 Å². The number of carbonyl (C=O) groups is 1. The van der Waals surface area contributed by atoms with Crippen LogP contribution >= 0.6 is 35.0 Å². The van der Waals surface area contributed by atoms with Crippen LogP contribution < -0.4 is 5.32 Å². The molecule has 0 spiro atoms. The molecule has 1 atom stereocenters. The van der Waals surface area contributed by atoms with E-state index in [0.717, 1.165) is 22.8 Å². The Morgan fingerprint density at radius 3 is 2.22 bits per heavy atom. The van der Waals surface area contributed by atoms with Gasteiger partial charge >= 0.3 is 0 Å². The minimum atomic E-state index is -0.187. The molecule has 1 saturated heterocycles. The lowest BCUT2D eigenvalue weighted by molar-refractivity contribution is -0.120. The van der Waals surface area contributed by atoms with Crippen LogP contribution in [0.15, 0.2) is 53.4 Å². The molecule has 0 aliphatic carbocycles. The Hall–Kier alpha value is -1.20. The van der Waals surface area contributed by atoms with Gasteiger partial charge in [0.25, 0.3) is 0 Å². The summed E-state index contributed by atoms with van der Waals surface area (Å²) in [5, 5.41) is 4.39. The first-order valence-electron chi connectivity index (χ1n) is 9.02. The summed E-state index contributed by atoms with van der Waals surface area (Å²) in [6, 6.07) is 15.5. The van der Waals surface area contributed by atoms with Crippen molar-refractivity contribution in [1.82, 2.24) is 5.32 Å². The summed E-state index contributed by atoms with van der Waals surface area (Å²) in [5.41, 5.74) is 1.09. The quantitative estimate of drug-likeness (QED) is 0.637. The summed E-state index contributed by atoms with van der Waals surface area (Å²) < 4.78 is 5.56. The number of amides is 1. The maximum absolute atomic E-state index is 12.7. The zero-order chi connectivity index (χ0) is 19.3. The second-order valence-electron chi connectivity index (χ2n) is 6.83. The van der Waals surface area contributed by atoms with Gasteiger partial charge in [0, 0.05) is 40.1 Å². The molecule has 1 unspecified atom stereocenters. The van der Waals surface area contributed by atoms with Gasteiger partial charge in [-0.05, 0) is 61.7 Å². The van der Waals surface area contributed by atoms with E-state index in [0.29, 0.717) is 24.8 Å². The SMILES string of the molecule is CC(Sc1ccc(Cl)cc1)C(=O)NCC1(c2ccc(Cl)cc2)CCOCC1. The number of hydrogen-bond donors (Lipinski definition) is 1. The molecule has 6 heteroatoms. The summed E-state index contributed by atoms with van der Waals surface area (Å²) in [4.78, 5) is 13.7. The maximum atomic E-state index is 12.7. The average molecular weight is 424 g/mol. The maximum Gasteiger partial charge on any atom is 0.233 e. The Bertz CT molecular complexity index is 759. The van der Waals surface area contributed by atoms with Gasteiger partial charge in [0.15, 0.2) is 0 Å². The molecule has 0 radical (unpaired) electrons. The van der Waals surface area contributed by atoms with Crippen molar-refractivity contribution < 1.29 is 9.53 Å². The third-order valence-corrected chi connectivity index (χ3v) is 6.62. The monoisotopic (exact) mass is 423 g/mol. The molecule has 1 heterocycles. The second-order valence-corrected chi connectivity index (χ2v) is 9.12. The minimum Gasteiger partial charge on any atom is -0.381 e. The van der Waals surface area contributed by atoms with Crippen LogP contribution in [0.2, 0.25) is 10.0 Å². The molecule has 1 fully saturated rings. The molecule has 0 aromatic heterocycles. The predicted molar refractivity (Wildman–Crippen MR) is 113 cm³/mol. The van der Waals surface area contributed by atoms with E-state index < -0.39 is 0 Å². The summed E-state index contributed by atoms with van der Waals surface area (Å²) in [6.45, 7) is 3.93. The molecule has 3 rings (SSSR count). The van der Waals surface area contributed by atoms with Crippen LogP contribution in [0.4, 0.5) is 0 Å². The van der Waals surface area contributed by atoms with Crippen LogP contribution in [-0.4, -0.2) is 30.9 Å². The van der Waals surface area contributed by atoms with Gasteiger partial charge in [0.2, 0.25) is 5.91 Å². The van der Waals surface area contributed by atoms with Crippen LogP contribution in [0.25, 0.3) is 0 Å². The van der Waals surface area contributed by atoms with Gasteiger partial charge in [0.05, 0.1) is 5.25 Å². The van der Waals surface area contributed by atoms with Crippen molar-refractivity contribution in [2.24, 2.45) is 0 Å². The van der Waals surface area contributed by atoms with E-state index in [-0.39, 0.29) is 16.6 Å². The number of benzene rings is 2. The van der Waals surface area contributed by atoms with Gasteiger partial charge in [0.1, 0.15) is 0 Å². The van der Waals surface area contributed by atoms with Gasteiger partial charge < -0.3 is 10.1 Å². The molecule has 1 amide bonds. The van der Waals surface area contributed by atoms with E-state index >= 15 is 0 Å². The summed E-state index contributed by atoms with van der Waals surface area (Å²) in [6.07, 6.45) is 1.77. The van der Waals surface area contributed by atoms with Crippen molar-refractivity contribution in [1.29, 1.82) is 0 Å². The molecule has 0 bridgehead atoms. The van der Waals surface area contributed by atoms with E-state index in [1.807, 2.05) is 43.3 Å². The first-order valence-corrected chi connectivity index (χ1v) is 10.7. The number of ether oxygens (including phenoxy) is 1. The topological polar surface area (TPSA) is 38.3 Å². The number of carbonyl (C=O) groups excluding carboxylic acids is 1. The van der Waals surface area contributed by atoms with Crippen LogP contribution in [0.3, 0.4) is 0 Å². The molecule has 2 aromatic rings. The van der Waals surface area contributed by atoms with Gasteiger partial charge in [-0.3, -0.25) is 4.79 Å². The van der Waals surface area contributed by atoms with E-state index in [1.165, 1.54) is 17.3 Å². The molecular formula is C21H23Cl2NO2S. The number of nitrogens with one attached hydrogen (secondary N) is 1. The second kappa shape index (κ2) is 9.33. The van der Waals surface area contributed by atoms with Gasteiger partial charge in [-0.25, -0.2) is 0 Å². The van der Waals surface area contributed by atoms with Crippen LogP contribution in [0.5, 0.6) is 0 Å². The molecular weight excluding hydrogens is 401 g/mol. The Morgan fingerprint density at radius 1 is 1.07 bits per heavy atom. The van der Waals surface area contributed by atoms with E-state index in [9.17, 15) is 4.79 Å². The van der Waals surface area contributed by atoms with Crippen molar-refractivity contribution >= 4 is 40.9 Å². The molecule has 0 saturated carbocycles. The highest BCUT2D eigenvalue weighted by atomic mass is 35.5. The van der Waals surface area contributed by atoms with Crippen LogP contribution in [0.1, 0.15) is 25.3 Å². The van der Waals surface area contributed by atoms with E-state index in [2.05, 4.69) is 17.4 Å². The van der Waals surface area contributed by atoms with Gasteiger partial charge in [-0.2, -0.15) is 0 Å². The molecule has 1 N–H and O–H groups in total. The van der Waals surface area contributed by atoms with Crippen molar-refractivity contribution in [3.05, 3.63) is 64.1 Å². The van der Waals surface area contributed by atoms with Crippen LogP contribution in [0, 0.1) is 0 Å². The Balaban J connectivity index is 1.65.